The number of halogens is 1. The van der Waals surface area contributed by atoms with E-state index in [1.165, 1.54) is 10.8 Å². The van der Waals surface area contributed by atoms with Crippen LogP contribution in [0.5, 0.6) is 0 Å². The highest BCUT2D eigenvalue weighted by atomic mass is 35.5. The van der Waals surface area contributed by atoms with E-state index in [4.69, 9.17) is 17.3 Å². The number of aryl methyl sites for hydroxylation is 3. The van der Waals surface area contributed by atoms with Gasteiger partial charge in [0, 0.05) is 19.8 Å². The van der Waals surface area contributed by atoms with Crippen LogP contribution in [0.1, 0.15) is 18.3 Å². The van der Waals surface area contributed by atoms with Crippen LogP contribution in [-0.4, -0.2) is 18.9 Å². The van der Waals surface area contributed by atoms with E-state index in [0.29, 0.717) is 23.0 Å². The highest BCUT2D eigenvalue weighted by Gasteiger charge is 2.15. The van der Waals surface area contributed by atoms with Gasteiger partial charge in [-0.2, -0.15) is 5.10 Å². The molecule has 0 saturated carbocycles. The van der Waals surface area contributed by atoms with Gasteiger partial charge in [-0.3, -0.25) is 18.6 Å². The lowest BCUT2D eigenvalue weighted by Gasteiger charge is -2.10. The molecule has 0 radical (unpaired) electrons. The molecule has 0 aliphatic carbocycles. The van der Waals surface area contributed by atoms with Crippen LogP contribution in [0.15, 0.2) is 15.8 Å². The third kappa shape index (κ3) is 2.24. The molecule has 0 bridgehead atoms. The molecule has 0 saturated heterocycles. The Morgan fingerprint density at radius 1 is 1.40 bits per heavy atom. The van der Waals surface area contributed by atoms with Crippen LogP contribution in [0, 0.1) is 6.92 Å². The molecule has 2 N–H and O–H groups in total. The van der Waals surface area contributed by atoms with Gasteiger partial charge in [0.2, 0.25) is 0 Å². The Labute approximate surface area is 120 Å². The van der Waals surface area contributed by atoms with Crippen molar-refractivity contribution in [2.75, 3.05) is 5.73 Å². The van der Waals surface area contributed by atoms with Crippen molar-refractivity contribution in [3.05, 3.63) is 43.4 Å². The summed E-state index contributed by atoms with van der Waals surface area (Å²) in [4.78, 5) is 24.2. The number of hydrogen-bond acceptors (Lipinski definition) is 4. The fourth-order valence-electron chi connectivity index (χ4n) is 2.04. The molecule has 0 atom stereocenters. The van der Waals surface area contributed by atoms with E-state index in [9.17, 15) is 9.59 Å². The van der Waals surface area contributed by atoms with E-state index in [-0.39, 0.29) is 12.2 Å². The lowest BCUT2D eigenvalue weighted by atomic mass is 10.3. The Balaban J connectivity index is 2.62. The summed E-state index contributed by atoms with van der Waals surface area (Å²) >= 11 is 6.14. The van der Waals surface area contributed by atoms with Crippen molar-refractivity contribution in [2.24, 2.45) is 7.05 Å². The quantitative estimate of drug-likeness (QED) is 0.886. The molecule has 0 fully saturated rings. The summed E-state index contributed by atoms with van der Waals surface area (Å²) in [5, 5.41) is 4.61. The SMILES string of the molecule is CCn1cc(N)c(=O)n(Cc2c(Cl)c(C)nn2C)c1=O. The molecule has 7 nitrogen and oxygen atoms in total. The van der Waals surface area contributed by atoms with E-state index in [0.717, 1.165) is 4.57 Å². The summed E-state index contributed by atoms with van der Waals surface area (Å²) in [5.74, 6) is 0. The third-order valence-electron chi connectivity index (χ3n) is 3.17. The number of hydrogen-bond donors (Lipinski definition) is 1. The van der Waals surface area contributed by atoms with Crippen molar-refractivity contribution in [2.45, 2.75) is 26.9 Å². The Morgan fingerprint density at radius 2 is 2.05 bits per heavy atom. The van der Waals surface area contributed by atoms with Crippen molar-refractivity contribution in [3.63, 3.8) is 0 Å². The average Bonchev–Trinajstić information content (AvgIpc) is 2.64. The minimum absolute atomic E-state index is 0.0291. The van der Waals surface area contributed by atoms with Gasteiger partial charge >= 0.3 is 5.69 Å². The largest absolute Gasteiger partial charge is 0.393 e. The molecule has 0 aliphatic heterocycles. The van der Waals surface area contributed by atoms with Crippen LogP contribution in [0.4, 0.5) is 5.69 Å². The zero-order valence-electron chi connectivity index (χ0n) is 11.6. The van der Waals surface area contributed by atoms with E-state index in [2.05, 4.69) is 5.10 Å². The first-order valence-electron chi connectivity index (χ1n) is 6.14. The highest BCUT2D eigenvalue weighted by Crippen LogP contribution is 2.19. The zero-order chi connectivity index (χ0) is 15.0. The number of anilines is 1. The molecular weight excluding hydrogens is 282 g/mol. The molecule has 20 heavy (non-hydrogen) atoms. The zero-order valence-corrected chi connectivity index (χ0v) is 12.3. The molecule has 0 spiro atoms. The minimum atomic E-state index is -0.519. The smallest absolute Gasteiger partial charge is 0.331 e. The van der Waals surface area contributed by atoms with Crippen molar-refractivity contribution in [1.82, 2.24) is 18.9 Å². The Morgan fingerprint density at radius 3 is 2.55 bits per heavy atom. The van der Waals surface area contributed by atoms with Crippen molar-refractivity contribution >= 4 is 17.3 Å². The van der Waals surface area contributed by atoms with Crippen molar-refractivity contribution in [3.8, 4) is 0 Å². The summed E-state index contributed by atoms with van der Waals surface area (Å²) in [7, 11) is 1.71. The Hall–Kier alpha value is -2.02. The van der Waals surface area contributed by atoms with Crippen molar-refractivity contribution < 1.29 is 0 Å². The number of aromatic nitrogens is 4. The van der Waals surface area contributed by atoms with E-state index >= 15 is 0 Å². The lowest BCUT2D eigenvalue weighted by Crippen LogP contribution is -2.41. The molecule has 2 aromatic rings. The molecule has 0 unspecified atom stereocenters. The van der Waals surface area contributed by atoms with Crippen LogP contribution in [0.3, 0.4) is 0 Å². The minimum Gasteiger partial charge on any atom is -0.393 e. The van der Waals surface area contributed by atoms with Crippen LogP contribution < -0.4 is 17.0 Å². The summed E-state index contributed by atoms with van der Waals surface area (Å²) in [5.41, 5.74) is 5.99. The first kappa shape index (κ1) is 14.4. The van der Waals surface area contributed by atoms with Crippen LogP contribution in [0.2, 0.25) is 5.02 Å². The van der Waals surface area contributed by atoms with Gasteiger partial charge in [0.25, 0.3) is 5.56 Å². The van der Waals surface area contributed by atoms with E-state index in [1.54, 1.807) is 25.6 Å². The van der Waals surface area contributed by atoms with Gasteiger partial charge in [-0.1, -0.05) is 11.6 Å². The maximum absolute atomic E-state index is 12.2. The normalized spacial score (nSPS) is 11.0. The fourth-order valence-corrected chi connectivity index (χ4v) is 2.26. The van der Waals surface area contributed by atoms with Crippen LogP contribution in [0.25, 0.3) is 0 Å². The second-order valence-corrected chi connectivity index (χ2v) is 4.89. The molecular formula is C12H16ClN5O2. The summed E-state index contributed by atoms with van der Waals surface area (Å²) in [6, 6.07) is 0. The molecule has 0 aromatic carbocycles. The molecule has 2 heterocycles. The summed E-state index contributed by atoms with van der Waals surface area (Å²) < 4.78 is 4.01. The average molecular weight is 298 g/mol. The Kier molecular flexibility index (Phi) is 3.71. The topological polar surface area (TPSA) is 87.8 Å². The summed E-state index contributed by atoms with van der Waals surface area (Å²) in [6.07, 6.45) is 1.36. The first-order valence-corrected chi connectivity index (χ1v) is 6.52. The van der Waals surface area contributed by atoms with Gasteiger partial charge in [-0.15, -0.1) is 0 Å². The number of rotatable bonds is 3. The monoisotopic (exact) mass is 297 g/mol. The third-order valence-corrected chi connectivity index (χ3v) is 3.67. The predicted octanol–water partition coefficient (Wildman–Crippen LogP) is 0.356. The van der Waals surface area contributed by atoms with E-state index < -0.39 is 11.2 Å². The lowest BCUT2D eigenvalue weighted by molar-refractivity contribution is 0.578. The molecule has 0 amide bonds. The molecule has 0 aliphatic rings. The van der Waals surface area contributed by atoms with Gasteiger partial charge in [0.1, 0.15) is 5.69 Å². The molecule has 2 rings (SSSR count). The second kappa shape index (κ2) is 5.16. The Bertz CT molecular complexity index is 771. The predicted molar refractivity (Wildman–Crippen MR) is 77.1 cm³/mol. The van der Waals surface area contributed by atoms with Gasteiger partial charge < -0.3 is 5.73 Å². The maximum Gasteiger partial charge on any atom is 0.331 e. The summed E-state index contributed by atoms with van der Waals surface area (Å²) in [6.45, 7) is 4.04. The molecule has 8 heteroatoms. The van der Waals surface area contributed by atoms with Crippen LogP contribution >= 0.6 is 11.6 Å². The number of nitrogen functional groups attached to an aromatic ring is 1. The molecule has 108 valence electrons. The number of nitrogens with two attached hydrogens (primary N) is 1. The van der Waals surface area contributed by atoms with Crippen LogP contribution in [-0.2, 0) is 20.1 Å². The van der Waals surface area contributed by atoms with Gasteiger partial charge in [-0.05, 0) is 13.8 Å². The maximum atomic E-state index is 12.2. The highest BCUT2D eigenvalue weighted by molar-refractivity contribution is 6.31. The van der Waals surface area contributed by atoms with E-state index in [1.807, 2.05) is 0 Å². The van der Waals surface area contributed by atoms with Gasteiger partial charge in [0.05, 0.1) is 23.0 Å². The second-order valence-electron chi connectivity index (χ2n) is 4.51. The fraction of sp³-hybridized carbons (Fsp3) is 0.417. The van der Waals surface area contributed by atoms with Crippen molar-refractivity contribution in [1.29, 1.82) is 0 Å². The van der Waals surface area contributed by atoms with Gasteiger partial charge in [0.15, 0.2) is 0 Å². The first-order chi connectivity index (χ1) is 9.36. The number of nitrogens with zero attached hydrogens (tertiary/aromatic N) is 4. The standard InChI is InChI=1S/C12H16ClN5O2/c1-4-17-5-8(14)11(19)18(12(17)20)6-9-10(13)7(2)15-16(9)3/h5H,4,6,14H2,1-3H3. The van der Waals surface area contributed by atoms with Gasteiger partial charge in [-0.25, -0.2) is 4.79 Å². The molecule has 2 aromatic heterocycles.